The van der Waals surface area contributed by atoms with E-state index in [1.165, 1.54) is 23.0 Å². The van der Waals surface area contributed by atoms with Gasteiger partial charge in [0.05, 0.1) is 11.8 Å². The molecule has 0 aliphatic heterocycles. The van der Waals surface area contributed by atoms with Crippen LogP contribution in [0.3, 0.4) is 0 Å². The van der Waals surface area contributed by atoms with Crippen LogP contribution in [0.5, 0.6) is 0 Å². The second-order valence-electron chi connectivity index (χ2n) is 6.32. The smallest absolute Gasteiger partial charge is 0.272 e. The Kier molecular flexibility index (Phi) is 4.98. The zero-order valence-electron chi connectivity index (χ0n) is 15.4. The lowest BCUT2D eigenvalue weighted by atomic mass is 10.1. The van der Waals surface area contributed by atoms with E-state index in [4.69, 9.17) is 0 Å². The van der Waals surface area contributed by atoms with E-state index in [2.05, 4.69) is 72.0 Å². The summed E-state index contributed by atoms with van der Waals surface area (Å²) in [7, 11) is 0. The number of carbonyl (C=O) groups excluding carboxylic acids is 1. The van der Waals surface area contributed by atoms with Crippen LogP contribution in [0.25, 0.3) is 5.69 Å². The van der Waals surface area contributed by atoms with E-state index in [1.807, 2.05) is 0 Å². The van der Waals surface area contributed by atoms with E-state index in [0.717, 1.165) is 17.0 Å². The summed E-state index contributed by atoms with van der Waals surface area (Å²) in [4.78, 5) is 16.0. The molecule has 5 heteroatoms. The molecule has 0 saturated heterocycles. The maximum atomic E-state index is 12.0. The molecule has 0 saturated carbocycles. The minimum atomic E-state index is -0.280. The molecule has 2 aromatic heterocycles. The van der Waals surface area contributed by atoms with Crippen LogP contribution in [0, 0.1) is 27.7 Å². The molecule has 26 heavy (non-hydrogen) atoms. The fourth-order valence-corrected chi connectivity index (χ4v) is 2.99. The van der Waals surface area contributed by atoms with Gasteiger partial charge in [0.15, 0.2) is 0 Å². The normalized spacial score (nSPS) is 11.1. The Morgan fingerprint density at radius 3 is 2.69 bits per heavy atom. The second kappa shape index (κ2) is 7.35. The van der Waals surface area contributed by atoms with E-state index >= 15 is 0 Å². The third-order valence-corrected chi connectivity index (χ3v) is 4.58. The number of aromatic nitrogens is 2. The topological polar surface area (TPSA) is 59.3 Å². The summed E-state index contributed by atoms with van der Waals surface area (Å²) < 4.78 is 2.21. The molecular formula is C21H22N4O. The highest BCUT2D eigenvalue weighted by molar-refractivity contribution is 5.94. The number of pyridine rings is 1. The monoisotopic (exact) mass is 346 g/mol. The first-order chi connectivity index (χ1) is 12.5. The number of amides is 1. The minimum Gasteiger partial charge on any atom is -0.318 e. The van der Waals surface area contributed by atoms with Crippen molar-refractivity contribution in [3.63, 3.8) is 0 Å². The van der Waals surface area contributed by atoms with Crippen molar-refractivity contribution in [1.82, 2.24) is 15.0 Å². The largest absolute Gasteiger partial charge is 0.318 e. The van der Waals surface area contributed by atoms with E-state index in [1.54, 1.807) is 24.5 Å². The predicted octanol–water partition coefficient (Wildman–Crippen LogP) is 3.87. The van der Waals surface area contributed by atoms with E-state index in [9.17, 15) is 4.79 Å². The first kappa shape index (κ1) is 17.6. The van der Waals surface area contributed by atoms with E-state index in [0.29, 0.717) is 5.56 Å². The van der Waals surface area contributed by atoms with Gasteiger partial charge in [-0.2, -0.15) is 5.10 Å². The molecule has 132 valence electrons. The zero-order valence-corrected chi connectivity index (χ0v) is 15.4. The minimum absolute atomic E-state index is 0.280. The van der Waals surface area contributed by atoms with Crippen LogP contribution >= 0.6 is 0 Å². The van der Waals surface area contributed by atoms with Gasteiger partial charge in [0.25, 0.3) is 5.91 Å². The highest BCUT2D eigenvalue weighted by Crippen LogP contribution is 2.24. The van der Waals surface area contributed by atoms with E-state index < -0.39 is 0 Å². The summed E-state index contributed by atoms with van der Waals surface area (Å²) in [5, 5.41) is 4.10. The number of benzene rings is 1. The molecule has 1 aromatic carbocycles. The van der Waals surface area contributed by atoms with Gasteiger partial charge >= 0.3 is 0 Å². The maximum Gasteiger partial charge on any atom is 0.272 e. The molecule has 0 unspecified atom stereocenters. The standard InChI is InChI=1S/C21H22N4O/c1-14-7-5-9-20(16(14)3)25-15(2)11-19(17(25)4)13-23-24-21(26)18-8-6-10-22-12-18/h5-13H,1-4H3,(H,24,26)/b23-13-. The van der Waals surface area contributed by atoms with Gasteiger partial charge < -0.3 is 4.57 Å². The molecule has 0 aliphatic carbocycles. The van der Waals surface area contributed by atoms with E-state index in [-0.39, 0.29) is 5.91 Å². The quantitative estimate of drug-likeness (QED) is 0.576. The summed E-state index contributed by atoms with van der Waals surface area (Å²) in [6, 6.07) is 11.8. The fourth-order valence-electron chi connectivity index (χ4n) is 2.99. The molecule has 0 bridgehead atoms. The highest BCUT2D eigenvalue weighted by atomic mass is 16.2. The molecule has 0 spiro atoms. The summed E-state index contributed by atoms with van der Waals surface area (Å²) in [6.45, 7) is 8.37. The van der Waals surface area contributed by atoms with Crippen molar-refractivity contribution >= 4 is 12.1 Å². The van der Waals surface area contributed by atoms with Crippen LogP contribution < -0.4 is 5.43 Å². The van der Waals surface area contributed by atoms with Crippen LogP contribution in [0.1, 0.15) is 38.4 Å². The molecule has 2 heterocycles. The first-order valence-electron chi connectivity index (χ1n) is 8.48. The average Bonchev–Trinajstić information content (AvgIpc) is 2.92. The summed E-state index contributed by atoms with van der Waals surface area (Å²) >= 11 is 0. The third-order valence-electron chi connectivity index (χ3n) is 4.58. The average molecular weight is 346 g/mol. The Hall–Kier alpha value is -3.21. The number of hydrogen-bond acceptors (Lipinski definition) is 3. The molecule has 5 nitrogen and oxygen atoms in total. The number of nitrogens with one attached hydrogen (secondary N) is 1. The molecule has 0 atom stereocenters. The molecule has 1 amide bonds. The van der Waals surface area contributed by atoms with Gasteiger partial charge in [-0.3, -0.25) is 9.78 Å². The number of nitrogens with zero attached hydrogens (tertiary/aromatic N) is 3. The number of hydrogen-bond donors (Lipinski definition) is 1. The molecule has 0 fully saturated rings. The van der Waals surface area contributed by atoms with Crippen LogP contribution in [0.4, 0.5) is 0 Å². The molecule has 0 radical (unpaired) electrons. The van der Waals surface area contributed by atoms with Crippen molar-refractivity contribution in [3.8, 4) is 5.69 Å². The first-order valence-corrected chi connectivity index (χ1v) is 8.48. The van der Waals surface area contributed by atoms with Gasteiger partial charge in [0.2, 0.25) is 0 Å². The van der Waals surface area contributed by atoms with Crippen LogP contribution in [0.15, 0.2) is 53.9 Å². The van der Waals surface area contributed by atoms with Gasteiger partial charge in [-0.05, 0) is 63.1 Å². The van der Waals surface area contributed by atoms with Crippen molar-refractivity contribution in [1.29, 1.82) is 0 Å². The van der Waals surface area contributed by atoms with Gasteiger partial charge in [0.1, 0.15) is 0 Å². The molecular weight excluding hydrogens is 324 g/mol. The number of rotatable bonds is 4. The zero-order chi connectivity index (χ0) is 18.7. The molecule has 3 rings (SSSR count). The van der Waals surface area contributed by atoms with Crippen LogP contribution in [0.2, 0.25) is 0 Å². The molecule has 1 N–H and O–H groups in total. The lowest BCUT2D eigenvalue weighted by Crippen LogP contribution is -2.17. The van der Waals surface area contributed by atoms with Gasteiger partial charge in [0, 0.05) is 35.0 Å². The molecule has 0 aliphatic rings. The van der Waals surface area contributed by atoms with Gasteiger partial charge in [-0.25, -0.2) is 5.43 Å². The summed E-state index contributed by atoms with van der Waals surface area (Å²) in [5.74, 6) is -0.280. The molecule has 3 aromatic rings. The van der Waals surface area contributed by atoms with Crippen molar-refractivity contribution in [2.24, 2.45) is 5.10 Å². The van der Waals surface area contributed by atoms with Gasteiger partial charge in [-0.1, -0.05) is 12.1 Å². The van der Waals surface area contributed by atoms with Gasteiger partial charge in [-0.15, -0.1) is 0 Å². The van der Waals surface area contributed by atoms with Crippen LogP contribution in [-0.4, -0.2) is 21.7 Å². The van der Waals surface area contributed by atoms with Crippen molar-refractivity contribution in [2.45, 2.75) is 27.7 Å². The Bertz CT molecular complexity index is 971. The lowest BCUT2D eigenvalue weighted by Gasteiger charge is -2.14. The maximum absolute atomic E-state index is 12.0. The Labute approximate surface area is 153 Å². The lowest BCUT2D eigenvalue weighted by molar-refractivity contribution is 0.0955. The fraction of sp³-hybridized carbons (Fsp3) is 0.190. The third kappa shape index (κ3) is 3.42. The predicted molar refractivity (Wildman–Crippen MR) is 104 cm³/mol. The van der Waals surface area contributed by atoms with Crippen LogP contribution in [-0.2, 0) is 0 Å². The Morgan fingerprint density at radius 1 is 1.15 bits per heavy atom. The number of hydrazone groups is 1. The second-order valence-corrected chi connectivity index (χ2v) is 6.32. The SMILES string of the molecule is Cc1cccc(-n2c(C)cc(/C=N\NC(=O)c3cccnc3)c2C)c1C. The van der Waals surface area contributed by atoms with Crippen molar-refractivity contribution < 1.29 is 4.79 Å². The van der Waals surface area contributed by atoms with Crippen molar-refractivity contribution in [2.75, 3.05) is 0 Å². The Balaban J connectivity index is 1.84. The highest BCUT2D eigenvalue weighted by Gasteiger charge is 2.12. The summed E-state index contributed by atoms with van der Waals surface area (Å²) in [6.07, 6.45) is 4.82. The number of aryl methyl sites for hydroxylation is 2. The summed E-state index contributed by atoms with van der Waals surface area (Å²) in [5.41, 5.74) is 9.87. The number of carbonyl (C=O) groups is 1. The van der Waals surface area contributed by atoms with Crippen molar-refractivity contribution in [3.05, 3.63) is 82.4 Å². The Morgan fingerprint density at radius 2 is 1.96 bits per heavy atom.